The Kier molecular flexibility index (Phi) is 3.81. The maximum atomic E-state index is 5.94. The summed E-state index contributed by atoms with van der Waals surface area (Å²) in [7, 11) is 1.65. The van der Waals surface area contributed by atoms with Crippen molar-refractivity contribution in [3.05, 3.63) is 23.8 Å². The zero-order valence-corrected chi connectivity index (χ0v) is 11.7. The molecule has 0 radical (unpaired) electrons. The lowest BCUT2D eigenvalue weighted by Crippen LogP contribution is -2.36. The molecule has 18 heavy (non-hydrogen) atoms. The van der Waals surface area contributed by atoms with Crippen LogP contribution < -0.4 is 10.5 Å². The molecule has 1 saturated heterocycles. The van der Waals surface area contributed by atoms with E-state index >= 15 is 0 Å². The summed E-state index contributed by atoms with van der Waals surface area (Å²) in [5.74, 6) is 0.763. The predicted molar refractivity (Wildman–Crippen MR) is 75.7 cm³/mol. The second-order valence-electron chi connectivity index (χ2n) is 6.02. The van der Waals surface area contributed by atoms with Gasteiger partial charge in [-0.1, -0.05) is 19.9 Å². The number of anilines is 1. The van der Waals surface area contributed by atoms with Gasteiger partial charge < -0.3 is 10.5 Å². The van der Waals surface area contributed by atoms with Gasteiger partial charge in [0, 0.05) is 6.54 Å². The molecule has 3 heteroatoms. The van der Waals surface area contributed by atoms with Gasteiger partial charge in [0.2, 0.25) is 0 Å². The van der Waals surface area contributed by atoms with Gasteiger partial charge in [0.25, 0.3) is 0 Å². The Morgan fingerprint density at radius 2 is 1.94 bits per heavy atom. The summed E-state index contributed by atoms with van der Waals surface area (Å²) >= 11 is 0. The molecule has 1 aromatic rings. The molecule has 0 aromatic heterocycles. The number of nitrogen functional groups attached to an aromatic ring is 1. The fourth-order valence-electron chi connectivity index (χ4n) is 2.46. The van der Waals surface area contributed by atoms with Gasteiger partial charge in [0.1, 0.15) is 5.75 Å². The fraction of sp³-hybridized carbons (Fsp3) is 0.600. The van der Waals surface area contributed by atoms with Gasteiger partial charge in [-0.05, 0) is 49.0 Å². The van der Waals surface area contributed by atoms with Crippen LogP contribution in [0, 0.1) is 5.41 Å². The highest BCUT2D eigenvalue weighted by molar-refractivity contribution is 5.54. The molecule has 100 valence electrons. The van der Waals surface area contributed by atoms with E-state index in [0.29, 0.717) is 5.41 Å². The highest BCUT2D eigenvalue weighted by Gasteiger charge is 2.25. The molecule has 0 unspecified atom stereocenters. The molecule has 1 aliphatic rings. The van der Waals surface area contributed by atoms with Crippen LogP contribution in [0.5, 0.6) is 5.75 Å². The molecule has 0 saturated carbocycles. The lowest BCUT2D eigenvalue weighted by atomic mass is 9.82. The van der Waals surface area contributed by atoms with E-state index < -0.39 is 0 Å². The van der Waals surface area contributed by atoms with E-state index in [9.17, 15) is 0 Å². The molecule has 1 aliphatic heterocycles. The summed E-state index contributed by atoms with van der Waals surface area (Å²) in [6, 6.07) is 6.09. The van der Waals surface area contributed by atoms with E-state index in [4.69, 9.17) is 10.5 Å². The van der Waals surface area contributed by atoms with Crippen molar-refractivity contribution < 1.29 is 4.74 Å². The van der Waals surface area contributed by atoms with Gasteiger partial charge in [-0.15, -0.1) is 0 Å². The molecule has 2 rings (SSSR count). The maximum absolute atomic E-state index is 5.94. The molecule has 1 fully saturated rings. The van der Waals surface area contributed by atoms with Crippen LogP contribution in [0.3, 0.4) is 0 Å². The standard InChI is InChI=1S/C15H24N2O/c1-15(2)6-8-17(9-7-15)11-12-4-5-14(18-3)13(16)10-12/h4-5,10H,6-9,11,16H2,1-3H3. The summed E-state index contributed by atoms with van der Waals surface area (Å²) in [4.78, 5) is 2.51. The van der Waals surface area contributed by atoms with Crippen LogP contribution >= 0.6 is 0 Å². The molecular weight excluding hydrogens is 224 g/mol. The van der Waals surface area contributed by atoms with E-state index in [1.54, 1.807) is 7.11 Å². The summed E-state index contributed by atoms with van der Waals surface area (Å²) < 4.78 is 5.18. The van der Waals surface area contributed by atoms with E-state index in [-0.39, 0.29) is 0 Å². The number of benzene rings is 1. The van der Waals surface area contributed by atoms with Crippen molar-refractivity contribution in [3.63, 3.8) is 0 Å². The minimum absolute atomic E-state index is 0.509. The van der Waals surface area contributed by atoms with Crippen LogP contribution in [-0.4, -0.2) is 25.1 Å². The van der Waals surface area contributed by atoms with Crippen LogP contribution in [0.2, 0.25) is 0 Å². The number of hydrogen-bond donors (Lipinski definition) is 1. The van der Waals surface area contributed by atoms with Crippen molar-refractivity contribution in [3.8, 4) is 5.75 Å². The first-order chi connectivity index (χ1) is 8.50. The van der Waals surface area contributed by atoms with Crippen LogP contribution in [0.15, 0.2) is 18.2 Å². The Labute approximate surface area is 110 Å². The Bertz CT molecular complexity index is 405. The van der Waals surface area contributed by atoms with Crippen LogP contribution in [-0.2, 0) is 6.54 Å². The number of nitrogens with zero attached hydrogens (tertiary/aromatic N) is 1. The zero-order chi connectivity index (χ0) is 13.2. The molecule has 0 atom stereocenters. The van der Waals surface area contributed by atoms with E-state index in [2.05, 4.69) is 24.8 Å². The molecule has 1 aromatic carbocycles. The SMILES string of the molecule is COc1ccc(CN2CCC(C)(C)CC2)cc1N. The lowest BCUT2D eigenvalue weighted by Gasteiger charge is -2.37. The smallest absolute Gasteiger partial charge is 0.141 e. The first kappa shape index (κ1) is 13.2. The number of nitrogens with two attached hydrogens (primary N) is 1. The highest BCUT2D eigenvalue weighted by atomic mass is 16.5. The normalized spacial score (nSPS) is 19.7. The Morgan fingerprint density at radius 1 is 1.28 bits per heavy atom. The van der Waals surface area contributed by atoms with Gasteiger partial charge in [-0.25, -0.2) is 0 Å². The van der Waals surface area contributed by atoms with Gasteiger partial charge in [-0.2, -0.15) is 0 Å². The molecule has 0 bridgehead atoms. The van der Waals surface area contributed by atoms with Crippen LogP contribution in [0.25, 0.3) is 0 Å². The van der Waals surface area contributed by atoms with Gasteiger partial charge in [0.05, 0.1) is 12.8 Å². The van der Waals surface area contributed by atoms with Crippen molar-refractivity contribution in [2.24, 2.45) is 5.41 Å². The maximum Gasteiger partial charge on any atom is 0.141 e. The van der Waals surface area contributed by atoms with E-state index in [0.717, 1.165) is 18.0 Å². The van der Waals surface area contributed by atoms with Crippen molar-refractivity contribution in [2.75, 3.05) is 25.9 Å². The molecule has 0 spiro atoms. The minimum Gasteiger partial charge on any atom is -0.495 e. The third-order valence-electron chi connectivity index (χ3n) is 3.91. The third kappa shape index (κ3) is 3.16. The summed E-state index contributed by atoms with van der Waals surface area (Å²) in [5.41, 5.74) is 8.45. The van der Waals surface area contributed by atoms with Crippen LogP contribution in [0.1, 0.15) is 32.3 Å². The van der Waals surface area contributed by atoms with Gasteiger partial charge in [-0.3, -0.25) is 4.90 Å². The summed E-state index contributed by atoms with van der Waals surface area (Å²) in [5, 5.41) is 0. The number of likely N-dealkylation sites (tertiary alicyclic amines) is 1. The summed E-state index contributed by atoms with van der Waals surface area (Å²) in [6.45, 7) is 8.06. The van der Waals surface area contributed by atoms with Crippen molar-refractivity contribution >= 4 is 5.69 Å². The molecular formula is C15H24N2O. The van der Waals surface area contributed by atoms with Crippen LogP contribution in [0.4, 0.5) is 5.69 Å². The molecule has 0 amide bonds. The number of ether oxygens (including phenoxy) is 1. The largest absolute Gasteiger partial charge is 0.495 e. The average molecular weight is 248 g/mol. The van der Waals surface area contributed by atoms with Crippen molar-refractivity contribution in [2.45, 2.75) is 33.2 Å². The predicted octanol–water partition coefficient (Wildman–Crippen LogP) is 2.90. The third-order valence-corrected chi connectivity index (χ3v) is 3.91. The van der Waals surface area contributed by atoms with Gasteiger partial charge >= 0.3 is 0 Å². The highest BCUT2D eigenvalue weighted by Crippen LogP contribution is 2.30. The molecule has 0 aliphatic carbocycles. The van der Waals surface area contributed by atoms with E-state index in [1.165, 1.54) is 31.5 Å². The number of methoxy groups -OCH3 is 1. The molecule has 1 heterocycles. The second kappa shape index (κ2) is 5.19. The number of piperidine rings is 1. The minimum atomic E-state index is 0.509. The Morgan fingerprint density at radius 3 is 2.50 bits per heavy atom. The zero-order valence-electron chi connectivity index (χ0n) is 11.7. The lowest BCUT2D eigenvalue weighted by molar-refractivity contribution is 0.127. The van der Waals surface area contributed by atoms with Crippen molar-refractivity contribution in [1.29, 1.82) is 0 Å². The van der Waals surface area contributed by atoms with Gasteiger partial charge in [0.15, 0.2) is 0 Å². The topological polar surface area (TPSA) is 38.5 Å². The first-order valence-corrected chi connectivity index (χ1v) is 6.65. The monoisotopic (exact) mass is 248 g/mol. The Hall–Kier alpha value is -1.22. The Balaban J connectivity index is 1.96. The van der Waals surface area contributed by atoms with E-state index in [1.807, 2.05) is 12.1 Å². The quantitative estimate of drug-likeness (QED) is 0.836. The number of hydrogen-bond acceptors (Lipinski definition) is 3. The first-order valence-electron chi connectivity index (χ1n) is 6.65. The molecule has 2 N–H and O–H groups in total. The average Bonchev–Trinajstić information content (AvgIpc) is 2.32. The van der Waals surface area contributed by atoms with Crippen molar-refractivity contribution in [1.82, 2.24) is 4.90 Å². The number of rotatable bonds is 3. The molecule has 3 nitrogen and oxygen atoms in total. The summed E-state index contributed by atoms with van der Waals surface area (Å²) in [6.07, 6.45) is 2.55. The second-order valence-corrected chi connectivity index (χ2v) is 6.02. The fourth-order valence-corrected chi connectivity index (χ4v) is 2.46.